The van der Waals surface area contributed by atoms with Gasteiger partial charge in [-0.15, -0.1) is 13.2 Å². The second kappa shape index (κ2) is 107. The average Bonchev–Trinajstić information content (AvgIpc) is 0.932. The topological polar surface area (TPSA) is 391 Å². The Balaban J connectivity index is -0.00000369. The van der Waals surface area contributed by atoms with Gasteiger partial charge >= 0.3 is 53.7 Å². The van der Waals surface area contributed by atoms with Crippen LogP contribution in [0.5, 0.6) is 0 Å². The summed E-state index contributed by atoms with van der Waals surface area (Å²) in [5.74, 6) is 5.72. The van der Waals surface area contributed by atoms with Gasteiger partial charge in [0.1, 0.15) is 0 Å². The molecule has 0 amide bonds. The van der Waals surface area contributed by atoms with Crippen molar-refractivity contribution in [2.45, 2.75) is 297 Å². The molecule has 0 heterocycles. The monoisotopic (exact) mass is 2120 g/mol. The number of esters is 9. The van der Waals surface area contributed by atoms with E-state index in [1.54, 1.807) is 59.2 Å². The zero-order valence-electron chi connectivity index (χ0n) is 86.8. The summed E-state index contributed by atoms with van der Waals surface area (Å²) in [7, 11) is 0. The van der Waals surface area contributed by atoms with Crippen LogP contribution in [-0.2, 0) is 124 Å². The molecular weight excluding hydrogens is 1930 g/mol. The number of aliphatic hydroxyl groups excluding tert-OH is 4. The fraction of sp³-hybridized carbons (Fsp3) is 0.873. The molecule has 0 rings (SSSR count). The molecule has 6 unspecified atom stereocenters. The molecule has 0 saturated carbocycles. The van der Waals surface area contributed by atoms with Crippen molar-refractivity contribution in [2.24, 2.45) is 35.5 Å². The quantitative estimate of drug-likeness (QED) is 0.0124. The molecule has 0 saturated heterocycles. The van der Waals surface area contributed by atoms with Gasteiger partial charge in [0.2, 0.25) is 0 Å². The highest BCUT2D eigenvalue weighted by Gasteiger charge is 2.27. The van der Waals surface area contributed by atoms with Crippen molar-refractivity contribution >= 4 is 137 Å². The lowest BCUT2D eigenvalue weighted by Gasteiger charge is -2.18. The number of ether oxygens (including phenoxy) is 17. The van der Waals surface area contributed by atoms with Crippen molar-refractivity contribution in [2.75, 3.05) is 235 Å². The normalized spacial score (nSPS) is 12.7. The van der Waals surface area contributed by atoms with Crippen LogP contribution >= 0.6 is 83.2 Å². The average molecular weight is 2120 g/mol. The number of aliphatic hydroxyl groups is 4. The molecule has 0 aromatic rings. The summed E-state index contributed by atoms with van der Waals surface area (Å²) in [4.78, 5) is 113. The molecule has 0 aliphatic heterocycles. The number of carbonyl (C=O) groups excluding carboxylic acids is 9. The van der Waals surface area contributed by atoms with Gasteiger partial charge in [-0.1, -0.05) is 39.8 Å². The van der Waals surface area contributed by atoms with Crippen molar-refractivity contribution in [3.8, 4) is 0 Å². The zero-order chi connectivity index (χ0) is 103. The van der Waals surface area contributed by atoms with E-state index in [2.05, 4.69) is 53.5 Å². The molecule has 0 bridgehead atoms. The van der Waals surface area contributed by atoms with E-state index in [1.807, 2.05) is 65.1 Å². The standard InChI is InChI=1S/C72H134O20S6.C24H40O7.C6H14O3S/c1-59(2)91-71(79)65(23-15-35-87-67(75)29-9-11-33-89-69(77)63(21-13-31-73)25-17-49-93-53-45-83-39-41-85-47-57-97-61(5)6)27-19-51-95-55-43-81-37-38-82-44-56-96-52-20-28-66(72(80)92-60(3)4)24-16-36-88-68(76)30-10-12-34-90-70(78)64(22-14-32-74)26-18-50-94-54-46-84-40-42-86-48-58-98-62(7)8;1-5-11-20(13-9-16-25)23(27)30-17-8-7-15-22(26)29-18-10-14-21(12-6-2)24(28)31-19(3)4;7-1-2-8-3-4-9-5-6-10/h59-66,73-74H,9-58H2,1-8H3;5-6,19-21,25H,1-2,7-18H2,3-4H3;7,10H,1-6H2. The third kappa shape index (κ3) is 100. The van der Waals surface area contributed by atoms with Crippen LogP contribution in [0.4, 0.5) is 0 Å². The second-order valence-electron chi connectivity index (χ2n) is 34.5. The Bertz CT molecular complexity index is 2720. The molecule has 0 fully saturated rings. The minimum atomic E-state index is -0.312. The van der Waals surface area contributed by atoms with Crippen LogP contribution in [0.15, 0.2) is 25.3 Å². The Morgan fingerprint density at radius 2 is 0.489 bits per heavy atom. The smallest absolute Gasteiger partial charge is 0.309 e. The summed E-state index contributed by atoms with van der Waals surface area (Å²) in [5.41, 5.74) is 0. The van der Waals surface area contributed by atoms with Crippen molar-refractivity contribution in [1.82, 2.24) is 0 Å². The van der Waals surface area contributed by atoms with Crippen molar-refractivity contribution in [1.29, 1.82) is 0 Å². The van der Waals surface area contributed by atoms with E-state index in [4.69, 9.17) is 90.7 Å². The molecule has 30 nitrogen and oxygen atoms in total. The maximum absolute atomic E-state index is 12.9. The van der Waals surface area contributed by atoms with Crippen LogP contribution in [0.25, 0.3) is 0 Å². The predicted octanol–water partition coefficient (Wildman–Crippen LogP) is 17.5. The summed E-state index contributed by atoms with van der Waals surface area (Å²) >= 11 is 14.9. The Morgan fingerprint density at radius 3 is 0.770 bits per heavy atom. The largest absolute Gasteiger partial charge is 0.466 e. The van der Waals surface area contributed by atoms with Gasteiger partial charge in [-0.05, 0) is 255 Å². The van der Waals surface area contributed by atoms with E-state index in [-0.39, 0.29) is 193 Å². The van der Waals surface area contributed by atoms with Crippen LogP contribution in [-0.4, -0.2) is 338 Å². The first-order valence-corrected chi connectivity index (χ1v) is 58.6. The Kier molecular flexibility index (Phi) is 108. The molecule has 139 heavy (non-hydrogen) atoms. The van der Waals surface area contributed by atoms with Crippen LogP contribution < -0.4 is 0 Å². The van der Waals surface area contributed by atoms with E-state index in [1.165, 1.54) is 0 Å². The molecule has 818 valence electrons. The minimum Gasteiger partial charge on any atom is -0.466 e. The molecule has 0 aliphatic carbocycles. The van der Waals surface area contributed by atoms with Gasteiger partial charge in [0, 0.05) is 79.4 Å². The van der Waals surface area contributed by atoms with Gasteiger partial charge in [0.15, 0.2) is 0 Å². The van der Waals surface area contributed by atoms with Crippen LogP contribution in [0.3, 0.4) is 0 Å². The van der Waals surface area contributed by atoms with Crippen LogP contribution in [0.2, 0.25) is 0 Å². The SMILES string of the molecule is C=CCC(CCCO)C(=O)OCCCCC(=O)OCCCC(CC=C)C(=O)OC(C)C.CC(C)OC(=O)C(CCCOC(=O)CCCCOC(=O)C(CCCO)CCCSCCOCCOCCSC(C)C)CCCSCCOCCOCCSCCCC(CCCOC(=O)CCCCOC(=O)C(CCCO)CCCSCCOCCOCCSC(C)C)C(=O)OC(C)C.OCCOCCOCCS. The van der Waals surface area contributed by atoms with Gasteiger partial charge in [0.05, 0.1) is 206 Å². The summed E-state index contributed by atoms with van der Waals surface area (Å²) in [6.45, 7) is 38.2. The Morgan fingerprint density at radius 1 is 0.252 bits per heavy atom. The van der Waals surface area contributed by atoms with Crippen molar-refractivity contribution < 1.29 is 144 Å². The first-order chi connectivity index (χ1) is 67.3. The van der Waals surface area contributed by atoms with E-state index < -0.39 is 0 Å². The fourth-order valence-corrected chi connectivity index (χ4v) is 17.8. The Labute approximate surface area is 868 Å². The van der Waals surface area contributed by atoms with Gasteiger partial charge in [-0.3, -0.25) is 43.2 Å². The maximum atomic E-state index is 12.9. The first-order valence-electron chi connectivity index (χ1n) is 51.3. The van der Waals surface area contributed by atoms with Gasteiger partial charge in [-0.2, -0.15) is 83.2 Å². The molecule has 0 aromatic carbocycles. The number of hydrogen-bond acceptors (Lipinski definition) is 37. The molecular formula is C102H188O30S7. The fourth-order valence-electron chi connectivity index (χ4n) is 13.0. The van der Waals surface area contributed by atoms with Gasteiger partial charge < -0.3 is 101 Å². The number of thiol groups is 1. The van der Waals surface area contributed by atoms with Crippen LogP contribution in [0, 0.1) is 35.5 Å². The number of thioether (sulfide) groups is 6. The lowest BCUT2D eigenvalue weighted by molar-refractivity contribution is -0.154. The van der Waals surface area contributed by atoms with Crippen LogP contribution in [0.1, 0.15) is 268 Å². The number of allylic oxidation sites excluding steroid dienone is 2. The third-order valence-electron chi connectivity index (χ3n) is 20.2. The molecule has 0 spiro atoms. The van der Waals surface area contributed by atoms with Gasteiger partial charge in [0.25, 0.3) is 0 Å². The highest BCUT2D eigenvalue weighted by Crippen LogP contribution is 2.26. The van der Waals surface area contributed by atoms with E-state index in [9.17, 15) is 53.4 Å². The lowest BCUT2D eigenvalue weighted by Crippen LogP contribution is -2.22. The van der Waals surface area contributed by atoms with E-state index >= 15 is 0 Å². The summed E-state index contributed by atoms with van der Waals surface area (Å²) in [6.07, 6.45) is 20.8. The first kappa shape index (κ1) is 140. The van der Waals surface area contributed by atoms with Crippen molar-refractivity contribution in [3.05, 3.63) is 25.3 Å². The molecule has 37 heteroatoms. The molecule has 0 aromatic heterocycles. The third-order valence-corrected chi connectivity index (χ3v) is 26.7. The van der Waals surface area contributed by atoms with Gasteiger partial charge in [-0.25, -0.2) is 0 Å². The molecule has 6 atom stereocenters. The van der Waals surface area contributed by atoms with E-state index in [0.29, 0.717) is 257 Å². The predicted molar refractivity (Wildman–Crippen MR) is 567 cm³/mol. The number of hydrogen-bond donors (Lipinski definition) is 5. The van der Waals surface area contributed by atoms with E-state index in [0.717, 1.165) is 102 Å². The van der Waals surface area contributed by atoms with Crippen molar-refractivity contribution in [3.63, 3.8) is 0 Å². The number of carbonyl (C=O) groups is 9. The maximum Gasteiger partial charge on any atom is 0.309 e. The highest BCUT2D eigenvalue weighted by molar-refractivity contribution is 8.00. The summed E-state index contributed by atoms with van der Waals surface area (Å²) in [6, 6.07) is 0. The minimum absolute atomic E-state index is 0.0291. The summed E-state index contributed by atoms with van der Waals surface area (Å²) < 4.78 is 93.1. The molecule has 4 N–H and O–H groups in total. The highest BCUT2D eigenvalue weighted by atomic mass is 32.2. The second-order valence-corrected chi connectivity index (χ2v) is 43.2. The summed E-state index contributed by atoms with van der Waals surface area (Å²) in [5, 5.41) is 37.2. The molecule has 0 aliphatic rings. The lowest BCUT2D eigenvalue weighted by atomic mass is 9.98. The number of unbranched alkanes of at least 4 members (excludes halogenated alkanes) is 3. The zero-order valence-corrected chi connectivity index (χ0v) is 92.6. The number of rotatable bonds is 101. The Hall–Kier alpha value is -3.32. The molecule has 0 radical (unpaired) electrons.